The molecule has 1 aliphatic carbocycles. The first kappa shape index (κ1) is 23.3. The van der Waals surface area contributed by atoms with Crippen molar-refractivity contribution in [1.82, 2.24) is 15.5 Å². The summed E-state index contributed by atoms with van der Waals surface area (Å²) in [7, 11) is 0. The lowest BCUT2D eigenvalue weighted by Crippen LogP contribution is -2.31. The molecule has 1 aliphatic heterocycles. The van der Waals surface area contributed by atoms with Crippen LogP contribution in [0.25, 0.3) is 5.70 Å². The second-order valence-corrected chi connectivity index (χ2v) is 9.32. The van der Waals surface area contributed by atoms with Crippen molar-refractivity contribution in [1.29, 1.82) is 0 Å². The predicted octanol–water partition coefficient (Wildman–Crippen LogP) is 4.13. The van der Waals surface area contributed by atoms with Crippen LogP contribution in [0.4, 0.5) is 5.69 Å². The molecule has 4 rings (SSSR count). The van der Waals surface area contributed by atoms with E-state index in [2.05, 4.69) is 34.2 Å². The van der Waals surface area contributed by atoms with Gasteiger partial charge in [0, 0.05) is 36.0 Å². The monoisotopic (exact) mass is 448 g/mol. The maximum absolute atomic E-state index is 12.9. The number of likely N-dealkylation sites (tertiary alicyclic amines) is 1. The topological polar surface area (TPSA) is 79.6 Å². The highest BCUT2D eigenvalue weighted by Gasteiger charge is 2.25. The molecule has 176 valence electrons. The van der Waals surface area contributed by atoms with E-state index in [-0.39, 0.29) is 12.0 Å². The van der Waals surface area contributed by atoms with Crippen LogP contribution in [-0.2, 0) is 6.42 Å². The molecule has 33 heavy (non-hydrogen) atoms. The number of ether oxygens (including phenoxy) is 1. The van der Waals surface area contributed by atoms with E-state index in [1.54, 1.807) is 18.2 Å². The van der Waals surface area contributed by atoms with Crippen LogP contribution in [0.3, 0.4) is 0 Å². The minimum absolute atomic E-state index is 0.0189. The molecule has 1 saturated heterocycles. The first-order valence-electron chi connectivity index (χ1n) is 12.1. The molecular formula is C27H36N4O2. The molecule has 0 bridgehead atoms. The highest BCUT2D eigenvalue weighted by molar-refractivity contribution is 6.00. The number of carbonyl (C=O) groups is 1. The number of nitrogens with one attached hydrogen (secondary N) is 2. The van der Waals surface area contributed by atoms with Crippen molar-refractivity contribution in [2.75, 3.05) is 31.9 Å². The summed E-state index contributed by atoms with van der Waals surface area (Å²) >= 11 is 0. The van der Waals surface area contributed by atoms with Crippen molar-refractivity contribution in [2.24, 2.45) is 0 Å². The van der Waals surface area contributed by atoms with E-state index in [4.69, 9.17) is 10.5 Å². The van der Waals surface area contributed by atoms with Crippen LogP contribution in [0.1, 0.15) is 66.2 Å². The minimum Gasteiger partial charge on any atom is -0.489 e. The Kier molecular flexibility index (Phi) is 7.36. The highest BCUT2D eigenvalue weighted by Crippen LogP contribution is 2.35. The normalized spacial score (nSPS) is 17.8. The van der Waals surface area contributed by atoms with Crippen LogP contribution in [0.15, 0.2) is 43.0 Å². The Morgan fingerprint density at radius 1 is 1.24 bits per heavy atom. The molecular weight excluding hydrogens is 412 g/mol. The molecule has 0 spiro atoms. The molecule has 1 atom stereocenters. The molecule has 6 heteroatoms. The average Bonchev–Trinajstić information content (AvgIpc) is 3.45. The second-order valence-electron chi connectivity index (χ2n) is 9.32. The largest absolute Gasteiger partial charge is 0.489 e. The van der Waals surface area contributed by atoms with Gasteiger partial charge in [-0.2, -0.15) is 0 Å². The van der Waals surface area contributed by atoms with Gasteiger partial charge in [-0.25, -0.2) is 0 Å². The van der Waals surface area contributed by atoms with Gasteiger partial charge in [-0.05, 0) is 81.9 Å². The van der Waals surface area contributed by atoms with E-state index >= 15 is 0 Å². The number of amides is 1. The predicted molar refractivity (Wildman–Crippen MR) is 134 cm³/mol. The quantitative estimate of drug-likeness (QED) is 0.503. The fourth-order valence-electron chi connectivity index (χ4n) is 4.88. The summed E-state index contributed by atoms with van der Waals surface area (Å²) in [6.07, 6.45) is 4.72. The lowest BCUT2D eigenvalue weighted by molar-refractivity contribution is 0.0974. The van der Waals surface area contributed by atoms with Crippen LogP contribution < -0.4 is 21.1 Å². The Hall–Kier alpha value is -2.83. The number of nitrogen functional groups attached to an aromatic ring is 1. The Morgan fingerprint density at radius 3 is 2.76 bits per heavy atom. The Bertz CT molecular complexity index is 1010. The molecule has 0 saturated carbocycles. The number of fused-ring (bicyclic) bond motifs is 1. The molecule has 6 nitrogen and oxygen atoms in total. The minimum atomic E-state index is -0.223. The van der Waals surface area contributed by atoms with Crippen molar-refractivity contribution in [3.63, 3.8) is 0 Å². The average molecular weight is 449 g/mol. The number of hydrogen-bond acceptors (Lipinski definition) is 5. The van der Waals surface area contributed by atoms with Gasteiger partial charge in [0.05, 0.1) is 11.8 Å². The third kappa shape index (κ3) is 5.57. The van der Waals surface area contributed by atoms with Gasteiger partial charge in [0.25, 0.3) is 5.91 Å². The number of nitrogens with two attached hydrogens (primary N) is 1. The van der Waals surface area contributed by atoms with Crippen molar-refractivity contribution < 1.29 is 9.53 Å². The zero-order valence-corrected chi connectivity index (χ0v) is 19.8. The second kappa shape index (κ2) is 10.4. The highest BCUT2D eigenvalue weighted by atomic mass is 16.5. The van der Waals surface area contributed by atoms with E-state index in [1.165, 1.54) is 37.1 Å². The van der Waals surface area contributed by atoms with Crippen molar-refractivity contribution in [3.8, 4) is 5.75 Å². The lowest BCUT2D eigenvalue weighted by atomic mass is 10.00. The van der Waals surface area contributed by atoms with Crippen LogP contribution >= 0.6 is 0 Å². The van der Waals surface area contributed by atoms with Crippen LogP contribution in [0, 0.1) is 0 Å². The summed E-state index contributed by atoms with van der Waals surface area (Å²) in [6.45, 7) is 12.6. The standard InChI is InChI=1S/C27H36N4O2/c1-18(2)33-26-12-9-20(17-24(26)28)27(32)30-19(3)21-7-6-8-23-22(21)10-11-25(23)29-13-16-31-14-4-5-15-31/h6-9,12,17-18,25,29H,3-5,10-11,13-16,28H2,1-2H3,(H,30,32). The van der Waals surface area contributed by atoms with E-state index in [0.717, 1.165) is 31.5 Å². The number of hydrogen-bond donors (Lipinski definition) is 3. The van der Waals surface area contributed by atoms with Gasteiger partial charge in [-0.15, -0.1) is 0 Å². The zero-order valence-electron chi connectivity index (χ0n) is 19.8. The molecule has 1 amide bonds. The molecule has 4 N–H and O–H groups in total. The van der Waals surface area contributed by atoms with Gasteiger partial charge in [0.2, 0.25) is 0 Å². The number of carbonyl (C=O) groups excluding carboxylic acids is 1. The summed E-state index contributed by atoms with van der Waals surface area (Å²) in [5.74, 6) is 0.364. The smallest absolute Gasteiger partial charge is 0.255 e. The lowest BCUT2D eigenvalue weighted by Gasteiger charge is -2.19. The summed E-state index contributed by atoms with van der Waals surface area (Å²) in [4.78, 5) is 15.4. The van der Waals surface area contributed by atoms with Crippen LogP contribution in [-0.4, -0.2) is 43.1 Å². The maximum Gasteiger partial charge on any atom is 0.255 e. The van der Waals surface area contributed by atoms with Gasteiger partial charge in [-0.3, -0.25) is 4.79 Å². The van der Waals surface area contributed by atoms with Gasteiger partial charge < -0.3 is 26.0 Å². The molecule has 0 radical (unpaired) electrons. The van der Waals surface area contributed by atoms with Crippen LogP contribution in [0.2, 0.25) is 0 Å². The molecule has 1 unspecified atom stereocenters. The first-order chi connectivity index (χ1) is 15.9. The molecule has 0 aromatic heterocycles. The summed E-state index contributed by atoms with van der Waals surface area (Å²) in [6, 6.07) is 11.8. The Labute approximate surface area is 197 Å². The Balaban J connectivity index is 1.39. The van der Waals surface area contributed by atoms with E-state index in [9.17, 15) is 4.79 Å². The number of benzene rings is 2. The number of anilines is 1. The molecule has 1 heterocycles. The molecule has 2 aromatic rings. The fourth-order valence-corrected chi connectivity index (χ4v) is 4.88. The van der Waals surface area contributed by atoms with Gasteiger partial charge >= 0.3 is 0 Å². The van der Waals surface area contributed by atoms with Gasteiger partial charge in [0.15, 0.2) is 0 Å². The number of rotatable bonds is 9. The third-order valence-electron chi connectivity index (χ3n) is 6.51. The maximum atomic E-state index is 12.9. The summed E-state index contributed by atoms with van der Waals surface area (Å²) < 4.78 is 5.66. The molecule has 2 aromatic carbocycles. The first-order valence-corrected chi connectivity index (χ1v) is 12.1. The Morgan fingerprint density at radius 2 is 2.03 bits per heavy atom. The number of nitrogens with zero attached hydrogens (tertiary/aromatic N) is 1. The summed E-state index contributed by atoms with van der Waals surface area (Å²) in [5.41, 5.74) is 11.2. The van der Waals surface area contributed by atoms with Gasteiger partial charge in [0.1, 0.15) is 5.75 Å². The van der Waals surface area contributed by atoms with E-state index < -0.39 is 0 Å². The van der Waals surface area contributed by atoms with Crippen LogP contribution in [0.5, 0.6) is 5.75 Å². The van der Waals surface area contributed by atoms with Gasteiger partial charge in [-0.1, -0.05) is 24.8 Å². The molecule has 2 aliphatic rings. The summed E-state index contributed by atoms with van der Waals surface area (Å²) in [5, 5.41) is 6.71. The van der Waals surface area contributed by atoms with Crippen molar-refractivity contribution >= 4 is 17.3 Å². The van der Waals surface area contributed by atoms with Crippen molar-refractivity contribution in [2.45, 2.75) is 51.7 Å². The van der Waals surface area contributed by atoms with E-state index in [1.807, 2.05) is 19.9 Å². The molecule has 1 fully saturated rings. The zero-order chi connectivity index (χ0) is 23.4. The fraction of sp³-hybridized carbons (Fsp3) is 0.444. The SMILES string of the molecule is C=C(NC(=O)c1ccc(OC(C)C)c(N)c1)c1cccc2c1CCC2NCCN1CCCC1. The third-order valence-corrected chi connectivity index (χ3v) is 6.51. The van der Waals surface area contributed by atoms with Crippen molar-refractivity contribution in [3.05, 3.63) is 65.2 Å². The van der Waals surface area contributed by atoms with E-state index in [0.29, 0.717) is 28.7 Å².